The van der Waals surface area contributed by atoms with Crippen molar-refractivity contribution < 1.29 is 18.9 Å². The van der Waals surface area contributed by atoms with Gasteiger partial charge in [0.05, 0.1) is 23.7 Å². The highest BCUT2D eigenvalue weighted by Gasteiger charge is 2.24. The topological polar surface area (TPSA) is 78.7 Å². The summed E-state index contributed by atoms with van der Waals surface area (Å²) in [4.78, 5) is 21.2. The number of methoxy groups -OCH3 is 1. The predicted octanol–water partition coefficient (Wildman–Crippen LogP) is 2.63. The molecule has 0 fully saturated rings. The maximum absolute atomic E-state index is 11.0. The molecule has 0 aliphatic carbocycles. The first-order valence-electron chi connectivity index (χ1n) is 5.29. The Balaban J connectivity index is 3.39. The van der Waals surface area contributed by atoms with Gasteiger partial charge in [-0.3, -0.25) is 14.9 Å². The van der Waals surface area contributed by atoms with Crippen molar-refractivity contribution in [3.8, 4) is 11.5 Å². The van der Waals surface area contributed by atoms with Crippen LogP contribution in [0.4, 0.5) is 5.69 Å². The summed E-state index contributed by atoms with van der Waals surface area (Å²) in [6.45, 7) is 5.84. The van der Waals surface area contributed by atoms with Crippen LogP contribution in [0.3, 0.4) is 0 Å². The number of hydrogen-bond donors (Lipinski definition) is 0. The van der Waals surface area contributed by atoms with Crippen molar-refractivity contribution in [1.29, 1.82) is 0 Å². The second-order valence-corrected chi connectivity index (χ2v) is 9.08. The Morgan fingerprint density at radius 2 is 1.94 bits per heavy atom. The zero-order valence-electron chi connectivity index (χ0n) is 10.7. The number of aldehydes is 1. The Bertz CT molecular complexity index is 481. The molecule has 0 N–H and O–H groups in total. The molecule has 7 heteroatoms. The Hall–Kier alpha value is -1.89. The number of nitro groups is 1. The predicted molar refractivity (Wildman–Crippen MR) is 69.0 cm³/mol. The summed E-state index contributed by atoms with van der Waals surface area (Å²) in [5, 5.41) is 10.7. The number of non-ortho nitro benzene ring substituents is 1. The molecule has 1 aromatic carbocycles. The van der Waals surface area contributed by atoms with Gasteiger partial charge in [-0.15, -0.1) is 0 Å². The number of nitro benzene ring substituents is 1. The normalized spacial score (nSPS) is 10.9. The lowest BCUT2D eigenvalue weighted by atomic mass is 10.2. The van der Waals surface area contributed by atoms with E-state index in [1.165, 1.54) is 19.2 Å². The van der Waals surface area contributed by atoms with E-state index in [0.29, 0.717) is 6.29 Å². The van der Waals surface area contributed by atoms with E-state index in [4.69, 9.17) is 9.16 Å². The summed E-state index contributed by atoms with van der Waals surface area (Å²) in [5.41, 5.74) is -0.0691. The van der Waals surface area contributed by atoms with Crippen LogP contribution in [-0.2, 0) is 0 Å². The van der Waals surface area contributed by atoms with Crippen molar-refractivity contribution in [1.82, 2.24) is 0 Å². The average Bonchev–Trinajstić information content (AvgIpc) is 2.26. The smallest absolute Gasteiger partial charge is 0.274 e. The first-order valence-corrected chi connectivity index (χ1v) is 8.70. The highest BCUT2D eigenvalue weighted by molar-refractivity contribution is 6.70. The Morgan fingerprint density at radius 3 is 2.33 bits per heavy atom. The number of hydrogen-bond acceptors (Lipinski definition) is 5. The minimum absolute atomic E-state index is 0.128. The second kappa shape index (κ2) is 5.17. The molecule has 0 aliphatic heterocycles. The van der Waals surface area contributed by atoms with Gasteiger partial charge in [-0.1, -0.05) is 0 Å². The number of carbonyl (C=O) groups is 1. The van der Waals surface area contributed by atoms with E-state index in [1.807, 2.05) is 19.6 Å². The van der Waals surface area contributed by atoms with E-state index in [0.717, 1.165) is 0 Å². The molecule has 0 heterocycles. The van der Waals surface area contributed by atoms with Crippen molar-refractivity contribution in [2.75, 3.05) is 7.11 Å². The molecule has 0 saturated heterocycles. The molecule has 6 nitrogen and oxygen atoms in total. The molecule has 0 unspecified atom stereocenters. The summed E-state index contributed by atoms with van der Waals surface area (Å²) in [6.07, 6.45) is 0.533. The minimum atomic E-state index is -1.95. The summed E-state index contributed by atoms with van der Waals surface area (Å²) >= 11 is 0. The highest BCUT2D eigenvalue weighted by atomic mass is 28.4. The number of nitrogens with zero attached hydrogens (tertiary/aromatic N) is 1. The first kappa shape index (κ1) is 14.2. The van der Waals surface area contributed by atoms with Crippen LogP contribution in [0.2, 0.25) is 19.6 Å². The molecule has 0 bridgehead atoms. The lowest BCUT2D eigenvalue weighted by Gasteiger charge is -2.22. The highest BCUT2D eigenvalue weighted by Crippen LogP contribution is 2.36. The summed E-state index contributed by atoms with van der Waals surface area (Å²) in [6, 6.07) is 2.44. The summed E-state index contributed by atoms with van der Waals surface area (Å²) in [5.74, 6) is 0.478. The van der Waals surface area contributed by atoms with Crippen LogP contribution in [0.5, 0.6) is 11.5 Å². The minimum Gasteiger partial charge on any atom is -0.541 e. The molecule has 18 heavy (non-hydrogen) atoms. The van der Waals surface area contributed by atoms with Crippen LogP contribution in [0.1, 0.15) is 10.4 Å². The Labute approximate surface area is 106 Å². The van der Waals surface area contributed by atoms with Crippen molar-refractivity contribution in [3.63, 3.8) is 0 Å². The number of carbonyl (C=O) groups excluding carboxylic acids is 1. The van der Waals surface area contributed by atoms with Gasteiger partial charge in [-0.25, -0.2) is 0 Å². The van der Waals surface area contributed by atoms with E-state index in [2.05, 4.69) is 0 Å². The number of ether oxygens (including phenoxy) is 1. The quantitative estimate of drug-likeness (QED) is 0.355. The van der Waals surface area contributed by atoms with Gasteiger partial charge in [0, 0.05) is 6.07 Å². The molecule has 0 amide bonds. The van der Waals surface area contributed by atoms with Gasteiger partial charge in [-0.2, -0.15) is 0 Å². The van der Waals surface area contributed by atoms with E-state index >= 15 is 0 Å². The molecule has 0 atom stereocenters. The van der Waals surface area contributed by atoms with E-state index < -0.39 is 13.2 Å². The molecular formula is C11H15NO5Si. The van der Waals surface area contributed by atoms with Crippen LogP contribution >= 0.6 is 0 Å². The maximum Gasteiger partial charge on any atom is 0.274 e. The lowest BCUT2D eigenvalue weighted by molar-refractivity contribution is -0.385. The van der Waals surface area contributed by atoms with Crippen molar-refractivity contribution in [2.24, 2.45) is 0 Å². The standard InChI is InChI=1S/C11H15NO5Si/c1-16-10-6-9(12(14)15)5-8(7-13)11(10)17-18(2,3)4/h5-7H,1-4H3. The van der Waals surface area contributed by atoms with Crippen LogP contribution in [-0.4, -0.2) is 26.6 Å². The third-order valence-electron chi connectivity index (χ3n) is 2.03. The van der Waals surface area contributed by atoms with Crippen molar-refractivity contribution >= 4 is 20.3 Å². The van der Waals surface area contributed by atoms with Crippen LogP contribution in [0.25, 0.3) is 0 Å². The average molecular weight is 269 g/mol. The SMILES string of the molecule is COc1cc([N+](=O)[O-])cc(C=O)c1O[Si](C)(C)C. The Morgan fingerprint density at radius 1 is 1.33 bits per heavy atom. The molecule has 0 radical (unpaired) electrons. The second-order valence-electron chi connectivity index (χ2n) is 4.66. The summed E-state index contributed by atoms with van der Waals surface area (Å²) in [7, 11) is -0.567. The largest absolute Gasteiger partial charge is 0.541 e. The number of rotatable bonds is 5. The third kappa shape index (κ3) is 3.30. The van der Waals surface area contributed by atoms with Gasteiger partial charge in [0.25, 0.3) is 5.69 Å². The monoisotopic (exact) mass is 269 g/mol. The van der Waals surface area contributed by atoms with E-state index in [-0.39, 0.29) is 22.7 Å². The molecule has 0 aliphatic rings. The molecular weight excluding hydrogens is 254 g/mol. The first-order chi connectivity index (χ1) is 8.28. The van der Waals surface area contributed by atoms with Crippen molar-refractivity contribution in [2.45, 2.75) is 19.6 Å². The van der Waals surface area contributed by atoms with Crippen molar-refractivity contribution in [3.05, 3.63) is 27.8 Å². The van der Waals surface area contributed by atoms with Gasteiger partial charge >= 0.3 is 0 Å². The molecule has 0 saturated carbocycles. The van der Waals surface area contributed by atoms with Crippen LogP contribution in [0, 0.1) is 10.1 Å². The summed E-state index contributed by atoms with van der Waals surface area (Å²) < 4.78 is 10.8. The fraction of sp³-hybridized carbons (Fsp3) is 0.364. The molecule has 0 aromatic heterocycles. The zero-order valence-corrected chi connectivity index (χ0v) is 11.7. The fourth-order valence-corrected chi connectivity index (χ4v) is 2.20. The maximum atomic E-state index is 11.0. The number of benzene rings is 1. The van der Waals surface area contributed by atoms with Gasteiger partial charge in [-0.05, 0) is 19.6 Å². The molecule has 98 valence electrons. The van der Waals surface area contributed by atoms with Gasteiger partial charge in [0.15, 0.2) is 17.8 Å². The van der Waals surface area contributed by atoms with E-state index in [9.17, 15) is 14.9 Å². The van der Waals surface area contributed by atoms with Crippen LogP contribution < -0.4 is 9.16 Å². The zero-order chi connectivity index (χ0) is 13.9. The third-order valence-corrected chi connectivity index (χ3v) is 2.85. The molecule has 0 spiro atoms. The van der Waals surface area contributed by atoms with Crippen LogP contribution in [0.15, 0.2) is 12.1 Å². The Kier molecular flexibility index (Phi) is 4.07. The van der Waals surface area contributed by atoms with E-state index in [1.54, 1.807) is 0 Å². The van der Waals surface area contributed by atoms with Gasteiger partial charge in [0.1, 0.15) is 0 Å². The fourth-order valence-electron chi connectivity index (χ4n) is 1.37. The molecule has 1 rings (SSSR count). The van der Waals surface area contributed by atoms with Gasteiger partial charge in [0.2, 0.25) is 8.32 Å². The van der Waals surface area contributed by atoms with Gasteiger partial charge < -0.3 is 9.16 Å². The molecule has 1 aromatic rings. The lowest BCUT2D eigenvalue weighted by Crippen LogP contribution is -2.30.